The molecule has 5 nitrogen and oxygen atoms in total. The maximum Gasteiger partial charge on any atom is 0.410 e. The van der Waals surface area contributed by atoms with Gasteiger partial charge in [-0.2, -0.15) is 0 Å². The van der Waals surface area contributed by atoms with E-state index >= 15 is 0 Å². The Morgan fingerprint density at radius 1 is 1.18 bits per heavy atom. The summed E-state index contributed by atoms with van der Waals surface area (Å²) in [5.74, 6) is 0.0281. The molecule has 22 heavy (non-hydrogen) atoms. The summed E-state index contributed by atoms with van der Waals surface area (Å²) in [7, 11) is 0. The Morgan fingerprint density at radius 2 is 1.86 bits per heavy atom. The van der Waals surface area contributed by atoms with Crippen molar-refractivity contribution in [1.82, 2.24) is 4.90 Å². The van der Waals surface area contributed by atoms with Crippen molar-refractivity contribution < 1.29 is 18.6 Å². The number of nitrogens with zero attached hydrogens (tertiary/aromatic N) is 1. The Bertz CT molecular complexity index is 486. The van der Waals surface area contributed by atoms with Crippen molar-refractivity contribution in [2.45, 2.75) is 32.3 Å². The summed E-state index contributed by atoms with van der Waals surface area (Å²) in [6, 6.07) is 9.61. The van der Waals surface area contributed by atoms with Crippen molar-refractivity contribution in [3.05, 3.63) is 35.9 Å². The van der Waals surface area contributed by atoms with Crippen molar-refractivity contribution in [3.8, 4) is 0 Å². The van der Waals surface area contributed by atoms with Crippen LogP contribution < -0.4 is 0 Å². The van der Waals surface area contributed by atoms with Crippen LogP contribution in [0.15, 0.2) is 30.3 Å². The number of hydrogen-bond donors (Lipinski definition) is 0. The van der Waals surface area contributed by atoms with E-state index in [0.717, 1.165) is 24.8 Å². The molecule has 0 N–H and O–H groups in total. The van der Waals surface area contributed by atoms with E-state index < -0.39 is 5.97 Å². The predicted octanol–water partition coefficient (Wildman–Crippen LogP) is 3.51. The molecule has 120 valence electrons. The largest absolute Gasteiger partial charge is 0.445 e. The second kappa shape index (κ2) is 8.63. The molecular formula is C16H20ClNO4. The monoisotopic (exact) mass is 325 g/mol. The Morgan fingerprint density at radius 3 is 2.50 bits per heavy atom. The standard InChI is InChI=1S/C16H20ClNO4/c17-22-15(19)7-6-13-8-10-18(11-9-13)16(20)21-12-14-4-2-1-3-5-14/h1-5,13H,6-12H2. The minimum Gasteiger partial charge on any atom is -0.445 e. The average Bonchev–Trinajstić information content (AvgIpc) is 2.59. The molecule has 0 unspecified atom stereocenters. The van der Waals surface area contributed by atoms with Crippen LogP contribution in [-0.4, -0.2) is 30.1 Å². The van der Waals surface area contributed by atoms with Crippen LogP contribution >= 0.6 is 11.9 Å². The number of carbonyl (C=O) groups excluding carboxylic acids is 2. The van der Waals surface area contributed by atoms with Gasteiger partial charge in [-0.25, -0.2) is 4.79 Å². The van der Waals surface area contributed by atoms with Crippen LogP contribution in [0.5, 0.6) is 0 Å². The number of hydrogen-bond acceptors (Lipinski definition) is 4. The van der Waals surface area contributed by atoms with E-state index in [-0.39, 0.29) is 6.09 Å². The van der Waals surface area contributed by atoms with E-state index in [0.29, 0.717) is 32.0 Å². The quantitative estimate of drug-likeness (QED) is 0.831. The van der Waals surface area contributed by atoms with Gasteiger partial charge in [-0.05, 0) is 30.7 Å². The summed E-state index contributed by atoms with van der Waals surface area (Å²) < 4.78 is 9.44. The average molecular weight is 326 g/mol. The van der Waals surface area contributed by atoms with Crippen molar-refractivity contribution >= 4 is 23.9 Å². The van der Waals surface area contributed by atoms with Crippen molar-refractivity contribution in [2.24, 2.45) is 5.92 Å². The highest BCUT2D eigenvalue weighted by Gasteiger charge is 2.24. The fraction of sp³-hybridized carbons (Fsp3) is 0.500. The van der Waals surface area contributed by atoms with E-state index in [4.69, 9.17) is 16.6 Å². The van der Waals surface area contributed by atoms with Gasteiger partial charge in [0.25, 0.3) is 0 Å². The molecule has 0 spiro atoms. The first-order chi connectivity index (χ1) is 10.7. The van der Waals surface area contributed by atoms with Crippen LogP contribution in [0, 0.1) is 5.92 Å². The molecule has 1 fully saturated rings. The topological polar surface area (TPSA) is 55.8 Å². The van der Waals surface area contributed by atoms with Gasteiger partial charge >= 0.3 is 12.1 Å². The van der Waals surface area contributed by atoms with Crippen molar-refractivity contribution in [3.63, 3.8) is 0 Å². The van der Waals surface area contributed by atoms with Gasteiger partial charge in [0.1, 0.15) is 18.5 Å². The fourth-order valence-electron chi connectivity index (χ4n) is 2.58. The minimum absolute atomic E-state index is 0.275. The summed E-state index contributed by atoms with van der Waals surface area (Å²) >= 11 is 5.00. The van der Waals surface area contributed by atoms with Gasteiger partial charge < -0.3 is 13.9 Å². The summed E-state index contributed by atoms with van der Waals surface area (Å²) in [6.07, 6.45) is 2.54. The number of halogens is 1. The van der Waals surface area contributed by atoms with Crippen LogP contribution in [-0.2, 0) is 20.4 Å². The molecule has 1 amide bonds. The van der Waals surface area contributed by atoms with E-state index in [2.05, 4.69) is 4.29 Å². The molecular weight excluding hydrogens is 306 g/mol. The third-order valence-corrected chi connectivity index (χ3v) is 4.09. The number of amides is 1. The SMILES string of the molecule is O=C(CCC1CCN(C(=O)OCc2ccccc2)CC1)OCl. The van der Waals surface area contributed by atoms with Gasteiger partial charge in [-0.1, -0.05) is 30.3 Å². The van der Waals surface area contributed by atoms with Crippen LogP contribution in [0.2, 0.25) is 0 Å². The maximum absolute atomic E-state index is 12.0. The molecule has 1 saturated heterocycles. The van der Waals surface area contributed by atoms with Crippen LogP contribution in [0.3, 0.4) is 0 Å². The Balaban J connectivity index is 1.67. The molecule has 1 aliphatic rings. The van der Waals surface area contributed by atoms with Crippen molar-refractivity contribution in [2.75, 3.05) is 13.1 Å². The third kappa shape index (κ3) is 5.22. The Kier molecular flexibility index (Phi) is 6.52. The lowest BCUT2D eigenvalue weighted by atomic mass is 9.92. The number of piperidine rings is 1. The summed E-state index contributed by atoms with van der Waals surface area (Å²) in [4.78, 5) is 24.7. The normalized spacial score (nSPS) is 15.4. The third-order valence-electron chi connectivity index (χ3n) is 3.92. The lowest BCUT2D eigenvalue weighted by Crippen LogP contribution is -2.38. The second-order valence-electron chi connectivity index (χ2n) is 5.46. The lowest BCUT2D eigenvalue weighted by Gasteiger charge is -2.31. The molecule has 1 aromatic rings. The minimum atomic E-state index is -0.397. The highest BCUT2D eigenvalue weighted by molar-refractivity contribution is 6.13. The van der Waals surface area contributed by atoms with Gasteiger partial charge in [0.2, 0.25) is 0 Å². The summed E-state index contributed by atoms with van der Waals surface area (Å²) in [5.41, 5.74) is 0.977. The smallest absolute Gasteiger partial charge is 0.410 e. The number of carbonyl (C=O) groups is 2. The lowest BCUT2D eigenvalue weighted by molar-refractivity contribution is -0.134. The number of ether oxygens (including phenoxy) is 1. The molecule has 1 aliphatic heterocycles. The number of likely N-dealkylation sites (tertiary alicyclic amines) is 1. The summed E-state index contributed by atoms with van der Waals surface area (Å²) in [5, 5.41) is 0. The molecule has 0 aromatic heterocycles. The van der Waals surface area contributed by atoms with Crippen LogP contribution in [0.4, 0.5) is 4.79 Å². The van der Waals surface area contributed by atoms with Crippen LogP contribution in [0.25, 0.3) is 0 Å². The molecule has 0 aliphatic carbocycles. The highest BCUT2D eigenvalue weighted by Crippen LogP contribution is 2.22. The first-order valence-corrected chi connectivity index (χ1v) is 7.77. The van der Waals surface area contributed by atoms with Gasteiger partial charge in [-0.3, -0.25) is 4.79 Å². The molecule has 0 atom stereocenters. The first kappa shape index (κ1) is 16.6. The molecule has 1 aromatic carbocycles. The van der Waals surface area contributed by atoms with E-state index in [1.54, 1.807) is 4.90 Å². The fourth-order valence-corrected chi connectivity index (χ4v) is 2.65. The molecule has 6 heteroatoms. The first-order valence-electron chi connectivity index (χ1n) is 7.46. The molecule has 2 rings (SSSR count). The predicted molar refractivity (Wildman–Crippen MR) is 82.1 cm³/mol. The highest BCUT2D eigenvalue weighted by atomic mass is 35.5. The van der Waals surface area contributed by atoms with Crippen molar-refractivity contribution in [1.29, 1.82) is 0 Å². The zero-order valence-corrected chi connectivity index (χ0v) is 13.1. The van der Waals surface area contributed by atoms with Gasteiger partial charge in [-0.15, -0.1) is 0 Å². The number of benzene rings is 1. The second-order valence-corrected chi connectivity index (χ2v) is 5.61. The van der Waals surface area contributed by atoms with E-state index in [1.165, 1.54) is 0 Å². The zero-order chi connectivity index (χ0) is 15.8. The molecule has 0 radical (unpaired) electrons. The van der Waals surface area contributed by atoms with E-state index in [1.807, 2.05) is 30.3 Å². The molecule has 0 saturated carbocycles. The van der Waals surface area contributed by atoms with Gasteiger partial charge in [0.15, 0.2) is 0 Å². The number of rotatable bonds is 5. The van der Waals surface area contributed by atoms with Gasteiger partial charge in [0, 0.05) is 19.5 Å². The Hall–Kier alpha value is -1.75. The maximum atomic E-state index is 12.0. The van der Waals surface area contributed by atoms with Gasteiger partial charge in [0.05, 0.1) is 0 Å². The van der Waals surface area contributed by atoms with E-state index in [9.17, 15) is 9.59 Å². The Labute approximate surface area is 135 Å². The van der Waals surface area contributed by atoms with Crippen LogP contribution in [0.1, 0.15) is 31.2 Å². The summed E-state index contributed by atoms with van der Waals surface area (Å²) in [6.45, 7) is 1.61. The molecule has 1 heterocycles. The zero-order valence-electron chi connectivity index (χ0n) is 12.4. The molecule has 0 bridgehead atoms.